The largest absolute Gasteiger partial charge is 0.151 e. The normalized spacial score (nSPS) is 13.2. The lowest BCUT2D eigenvalue weighted by molar-refractivity contribution is 1.40. The van der Waals surface area contributed by atoms with Crippen molar-refractivity contribution in [1.82, 2.24) is 0 Å². The van der Waals surface area contributed by atoms with Crippen molar-refractivity contribution in [2.24, 2.45) is 0 Å². The summed E-state index contributed by atoms with van der Waals surface area (Å²) < 4.78 is 0. The van der Waals surface area contributed by atoms with Crippen LogP contribution in [0.15, 0.2) is 47.4 Å². The van der Waals surface area contributed by atoms with E-state index in [0.717, 1.165) is 4.91 Å². The third-order valence-corrected chi connectivity index (χ3v) is 4.22. The van der Waals surface area contributed by atoms with Crippen LogP contribution in [0, 0.1) is 0 Å². The summed E-state index contributed by atoms with van der Waals surface area (Å²) >= 11 is 10.3. The Morgan fingerprint density at radius 3 is 2.33 bits per heavy atom. The molecule has 1 aromatic heterocycles. The van der Waals surface area contributed by atoms with Gasteiger partial charge in [-0.25, -0.2) is 0 Å². The zero-order valence-corrected chi connectivity index (χ0v) is 13.4. The van der Waals surface area contributed by atoms with E-state index in [1.54, 1.807) is 16.7 Å². The predicted octanol–water partition coefficient (Wildman–Crippen LogP) is 5.83. The van der Waals surface area contributed by atoms with E-state index >= 15 is 0 Å². The molecular weight excluding hydrogens is 276 g/mol. The highest BCUT2D eigenvalue weighted by Gasteiger charge is 2.03. The van der Waals surface area contributed by atoms with Crippen LogP contribution in [0.5, 0.6) is 0 Å². The van der Waals surface area contributed by atoms with Gasteiger partial charge in [0.2, 0.25) is 0 Å². The highest BCUT2D eigenvalue weighted by Crippen LogP contribution is 2.30. The summed E-state index contributed by atoms with van der Waals surface area (Å²) in [5, 5.41) is 1.73. The van der Waals surface area contributed by atoms with Crippen molar-refractivity contribution in [3.8, 4) is 0 Å². The Labute approximate surface area is 125 Å². The summed E-state index contributed by atoms with van der Waals surface area (Å²) in [6.45, 7) is 6.25. The van der Waals surface area contributed by atoms with Gasteiger partial charge in [0, 0.05) is 14.7 Å². The van der Waals surface area contributed by atoms with Crippen LogP contribution in [0.4, 0.5) is 0 Å². The number of thiophene rings is 1. The van der Waals surface area contributed by atoms with Crippen LogP contribution in [-0.4, -0.2) is 0 Å². The summed E-state index contributed by atoms with van der Waals surface area (Å²) in [6, 6.07) is 4.24. The van der Waals surface area contributed by atoms with Gasteiger partial charge in [0.15, 0.2) is 0 Å². The maximum absolute atomic E-state index is 4.53. The zero-order chi connectivity index (χ0) is 13.5. The molecule has 0 unspecified atom stereocenters. The lowest BCUT2D eigenvalue weighted by Crippen LogP contribution is -1.69. The highest BCUT2D eigenvalue weighted by molar-refractivity contribution is 7.90. The van der Waals surface area contributed by atoms with Crippen molar-refractivity contribution in [3.05, 3.63) is 57.2 Å². The lowest BCUT2D eigenvalue weighted by atomic mass is 10.2. The van der Waals surface area contributed by atoms with E-state index in [0.29, 0.717) is 0 Å². The number of hydrogen-bond acceptors (Lipinski definition) is 3. The summed E-state index contributed by atoms with van der Waals surface area (Å²) in [7, 11) is 0. The van der Waals surface area contributed by atoms with Crippen molar-refractivity contribution >= 4 is 47.1 Å². The van der Waals surface area contributed by atoms with Gasteiger partial charge in [-0.1, -0.05) is 23.8 Å². The Morgan fingerprint density at radius 1 is 1.06 bits per heavy atom. The lowest BCUT2D eigenvalue weighted by Gasteiger charge is -1.95. The summed E-state index contributed by atoms with van der Waals surface area (Å²) in [4.78, 5) is 3.45. The number of rotatable bonds is 4. The van der Waals surface area contributed by atoms with Crippen LogP contribution in [0.2, 0.25) is 0 Å². The molecule has 3 heteroatoms. The number of thiol groups is 2. The van der Waals surface area contributed by atoms with Crippen molar-refractivity contribution in [2.45, 2.75) is 20.8 Å². The van der Waals surface area contributed by atoms with Gasteiger partial charge in [0.1, 0.15) is 0 Å². The zero-order valence-electron chi connectivity index (χ0n) is 10.8. The van der Waals surface area contributed by atoms with Crippen LogP contribution in [-0.2, 0) is 0 Å². The van der Waals surface area contributed by atoms with Gasteiger partial charge in [-0.3, -0.25) is 0 Å². The third-order valence-electron chi connectivity index (χ3n) is 2.25. The molecule has 0 saturated heterocycles. The van der Waals surface area contributed by atoms with E-state index in [1.165, 1.54) is 20.9 Å². The van der Waals surface area contributed by atoms with Gasteiger partial charge in [-0.2, -0.15) is 12.6 Å². The molecule has 0 bridgehead atoms. The summed E-state index contributed by atoms with van der Waals surface area (Å²) in [6.07, 6.45) is 8.11. The van der Waals surface area contributed by atoms with Crippen LogP contribution in [0.25, 0.3) is 10.5 Å². The van der Waals surface area contributed by atoms with Crippen molar-refractivity contribution in [1.29, 1.82) is 0 Å². The molecule has 1 aromatic rings. The SMILES string of the molecule is CC(C)=C/C=C(\S)c1ccc(/C(C)=C/C=C\S)s1. The van der Waals surface area contributed by atoms with Crippen LogP contribution >= 0.6 is 36.6 Å². The molecule has 0 radical (unpaired) electrons. The van der Waals surface area contributed by atoms with E-state index < -0.39 is 0 Å². The van der Waals surface area contributed by atoms with Gasteiger partial charge in [0.25, 0.3) is 0 Å². The van der Waals surface area contributed by atoms with Crippen molar-refractivity contribution in [3.63, 3.8) is 0 Å². The Morgan fingerprint density at radius 2 is 1.72 bits per heavy atom. The standard InChI is InChI=1S/C15H18S3/c1-11(2)6-7-13(17)15-9-8-14(18-15)12(3)5-4-10-16/h4-10,16-17H,1-3H3/b10-4-,12-5+,13-7-. The summed E-state index contributed by atoms with van der Waals surface area (Å²) in [5.74, 6) is 0. The molecule has 1 rings (SSSR count). The van der Waals surface area contributed by atoms with Crippen LogP contribution in [0.1, 0.15) is 30.5 Å². The third kappa shape index (κ3) is 4.92. The smallest absolute Gasteiger partial charge is 0.0410 e. The van der Waals surface area contributed by atoms with Gasteiger partial charge in [-0.05, 0) is 50.0 Å². The molecule has 96 valence electrons. The molecule has 0 N–H and O–H groups in total. The van der Waals surface area contributed by atoms with E-state index in [1.807, 2.05) is 12.2 Å². The van der Waals surface area contributed by atoms with Gasteiger partial charge < -0.3 is 0 Å². The molecule has 0 aliphatic carbocycles. The first-order chi connectivity index (χ1) is 8.54. The van der Waals surface area contributed by atoms with E-state index in [2.05, 4.69) is 70.3 Å². The fourth-order valence-electron chi connectivity index (χ4n) is 1.28. The Hall–Kier alpha value is -0.640. The first-order valence-corrected chi connectivity index (χ1v) is 7.45. The molecule has 0 fully saturated rings. The van der Waals surface area contributed by atoms with Crippen LogP contribution in [0.3, 0.4) is 0 Å². The monoisotopic (exact) mass is 294 g/mol. The van der Waals surface area contributed by atoms with Crippen LogP contribution < -0.4 is 0 Å². The molecule has 0 aliphatic rings. The Balaban J connectivity index is 2.93. The number of hydrogen-bond donors (Lipinski definition) is 2. The minimum atomic E-state index is 1.00. The molecule has 18 heavy (non-hydrogen) atoms. The van der Waals surface area contributed by atoms with Gasteiger partial charge in [-0.15, -0.1) is 24.0 Å². The molecule has 0 atom stereocenters. The first kappa shape index (κ1) is 15.4. The fourth-order valence-corrected chi connectivity index (χ4v) is 2.57. The first-order valence-electron chi connectivity index (χ1n) is 5.67. The minimum Gasteiger partial charge on any atom is -0.151 e. The van der Waals surface area contributed by atoms with Crippen molar-refractivity contribution in [2.75, 3.05) is 0 Å². The van der Waals surface area contributed by atoms with E-state index in [9.17, 15) is 0 Å². The average molecular weight is 295 g/mol. The minimum absolute atomic E-state index is 1.00. The van der Waals surface area contributed by atoms with Crippen molar-refractivity contribution < 1.29 is 0 Å². The summed E-state index contributed by atoms with van der Waals surface area (Å²) in [5.41, 5.74) is 2.51. The molecule has 0 aromatic carbocycles. The number of allylic oxidation sites excluding steroid dienone is 6. The second kappa shape index (κ2) is 7.72. The Kier molecular flexibility index (Phi) is 6.61. The van der Waals surface area contributed by atoms with E-state index in [-0.39, 0.29) is 0 Å². The predicted molar refractivity (Wildman–Crippen MR) is 92.5 cm³/mol. The molecule has 1 heterocycles. The topological polar surface area (TPSA) is 0 Å². The van der Waals surface area contributed by atoms with Gasteiger partial charge in [0.05, 0.1) is 0 Å². The fraction of sp³-hybridized carbons (Fsp3) is 0.200. The molecule has 0 nitrogen and oxygen atoms in total. The second-order valence-corrected chi connectivity index (χ2v) is 6.01. The average Bonchev–Trinajstić information content (AvgIpc) is 2.82. The quantitative estimate of drug-likeness (QED) is 0.506. The molecular formula is C15H18S3. The molecule has 0 saturated carbocycles. The van der Waals surface area contributed by atoms with Gasteiger partial charge >= 0.3 is 0 Å². The molecule has 0 amide bonds. The maximum atomic E-state index is 4.53. The highest BCUT2D eigenvalue weighted by atomic mass is 32.1. The maximum Gasteiger partial charge on any atom is 0.0410 e. The second-order valence-electron chi connectivity index (χ2n) is 4.15. The molecule has 0 aliphatic heterocycles. The Bertz CT molecular complexity index is 510. The molecule has 0 spiro atoms. The van der Waals surface area contributed by atoms with E-state index in [4.69, 9.17) is 0 Å².